The molecule has 3 heteroatoms. The van der Waals surface area contributed by atoms with Crippen molar-refractivity contribution in [3.05, 3.63) is 82.9 Å². The minimum absolute atomic E-state index is 0.00745. The van der Waals surface area contributed by atoms with Gasteiger partial charge in [-0.1, -0.05) is 60.6 Å². The predicted octanol–water partition coefficient (Wildman–Crippen LogP) is 5.10. The number of benzene rings is 2. The fraction of sp³-hybridized carbons (Fsp3) is 0.227. The van der Waals surface area contributed by atoms with Crippen LogP contribution in [-0.4, -0.2) is 30.3 Å². The summed E-state index contributed by atoms with van der Waals surface area (Å²) >= 11 is 5.97. The van der Waals surface area contributed by atoms with Gasteiger partial charge in [-0.15, -0.1) is 0 Å². The zero-order chi connectivity index (χ0) is 17.6. The molecule has 25 heavy (non-hydrogen) atoms. The molecule has 0 amide bonds. The molecule has 0 bridgehead atoms. The number of hydrogen-bond acceptors (Lipinski definition) is 2. The Morgan fingerprint density at radius 2 is 1.68 bits per heavy atom. The van der Waals surface area contributed by atoms with Crippen LogP contribution in [0.2, 0.25) is 5.02 Å². The molecule has 2 nitrogen and oxygen atoms in total. The lowest BCUT2D eigenvalue weighted by Crippen LogP contribution is -2.24. The monoisotopic (exact) mass is 351 g/mol. The maximum absolute atomic E-state index is 13.1. The number of carbonyl (C=O) groups excluding carboxylic acids is 1. The first kappa shape index (κ1) is 17.7. The molecule has 0 atom stereocenters. The van der Waals surface area contributed by atoms with E-state index in [1.165, 1.54) is 12.8 Å². The molecule has 0 unspecified atom stereocenters. The van der Waals surface area contributed by atoms with E-state index in [2.05, 4.69) is 11.5 Å². The molecule has 0 spiro atoms. The molecule has 1 heterocycles. The zero-order valence-electron chi connectivity index (χ0n) is 14.2. The van der Waals surface area contributed by atoms with E-state index in [1.807, 2.05) is 60.7 Å². The lowest BCUT2D eigenvalue weighted by molar-refractivity contribution is -0.110. The van der Waals surface area contributed by atoms with E-state index in [9.17, 15) is 4.79 Å². The van der Waals surface area contributed by atoms with E-state index in [0.29, 0.717) is 22.7 Å². The average molecular weight is 352 g/mol. The summed E-state index contributed by atoms with van der Waals surface area (Å²) in [6.45, 7) is 6.81. The van der Waals surface area contributed by atoms with Crippen LogP contribution < -0.4 is 0 Å². The molecule has 0 aromatic heterocycles. The van der Waals surface area contributed by atoms with Gasteiger partial charge in [-0.3, -0.25) is 9.69 Å². The van der Waals surface area contributed by atoms with Crippen LogP contribution in [-0.2, 0) is 4.79 Å². The Morgan fingerprint density at radius 1 is 1.04 bits per heavy atom. The van der Waals surface area contributed by atoms with E-state index in [-0.39, 0.29) is 5.78 Å². The molecule has 1 aliphatic rings. The highest BCUT2D eigenvalue weighted by molar-refractivity contribution is 6.32. The Bertz CT molecular complexity index is 771. The molecular weight excluding hydrogens is 330 g/mol. The van der Waals surface area contributed by atoms with E-state index >= 15 is 0 Å². The van der Waals surface area contributed by atoms with E-state index in [4.69, 9.17) is 11.6 Å². The highest BCUT2D eigenvalue weighted by atomic mass is 35.5. The molecule has 0 saturated carbocycles. The van der Waals surface area contributed by atoms with Crippen LogP contribution in [0, 0.1) is 0 Å². The summed E-state index contributed by atoms with van der Waals surface area (Å²) in [6, 6.07) is 17.3. The summed E-state index contributed by atoms with van der Waals surface area (Å²) in [4.78, 5) is 15.4. The van der Waals surface area contributed by atoms with E-state index < -0.39 is 0 Å². The second-order valence-corrected chi connectivity index (χ2v) is 6.83. The van der Waals surface area contributed by atoms with Gasteiger partial charge < -0.3 is 0 Å². The fourth-order valence-electron chi connectivity index (χ4n) is 3.10. The summed E-state index contributed by atoms with van der Waals surface area (Å²) < 4.78 is 0. The van der Waals surface area contributed by atoms with Crippen molar-refractivity contribution in [2.24, 2.45) is 0 Å². The third kappa shape index (κ3) is 4.68. The first-order valence-corrected chi connectivity index (χ1v) is 8.99. The number of nitrogens with zero attached hydrogens (tertiary/aromatic N) is 1. The molecular formula is C22H22ClNO. The highest BCUT2D eigenvalue weighted by Gasteiger charge is 2.19. The largest absolute Gasteiger partial charge is 0.299 e. The van der Waals surface area contributed by atoms with Gasteiger partial charge in [0.15, 0.2) is 5.78 Å². The predicted molar refractivity (Wildman–Crippen MR) is 106 cm³/mol. The summed E-state index contributed by atoms with van der Waals surface area (Å²) in [6.07, 6.45) is 4.32. The van der Waals surface area contributed by atoms with Gasteiger partial charge in [0, 0.05) is 22.7 Å². The molecule has 0 radical (unpaired) electrons. The number of carbonyl (C=O) groups is 1. The van der Waals surface area contributed by atoms with Crippen molar-refractivity contribution in [3.63, 3.8) is 0 Å². The molecule has 2 aromatic carbocycles. The van der Waals surface area contributed by atoms with Crippen LogP contribution in [0.4, 0.5) is 0 Å². The minimum Gasteiger partial charge on any atom is -0.299 e. The van der Waals surface area contributed by atoms with E-state index in [1.54, 1.807) is 0 Å². The summed E-state index contributed by atoms with van der Waals surface area (Å²) in [7, 11) is 0. The van der Waals surface area contributed by atoms with Crippen molar-refractivity contribution in [2.45, 2.75) is 12.8 Å². The Morgan fingerprint density at radius 3 is 2.32 bits per heavy atom. The summed E-state index contributed by atoms with van der Waals surface area (Å²) in [5.41, 5.74) is 3.17. The summed E-state index contributed by atoms with van der Waals surface area (Å²) in [5.74, 6) is 0.00745. The van der Waals surface area contributed by atoms with Gasteiger partial charge in [-0.2, -0.15) is 0 Å². The standard InChI is InChI=1S/C22H22ClNO/c1-17(16-24-13-5-6-14-24)22(25)21(19-7-3-2-4-8-19)15-18-9-11-20(23)12-10-18/h2-4,7-12,15H,1,5-6,13-14,16H2/b21-15+. The molecule has 1 saturated heterocycles. The number of allylic oxidation sites excluding steroid dienone is 1. The number of halogens is 1. The molecule has 1 fully saturated rings. The van der Waals surface area contributed by atoms with Gasteiger partial charge in [0.1, 0.15) is 0 Å². The van der Waals surface area contributed by atoms with E-state index in [0.717, 1.165) is 24.2 Å². The van der Waals surface area contributed by atoms with Crippen molar-refractivity contribution in [1.29, 1.82) is 0 Å². The van der Waals surface area contributed by atoms with Gasteiger partial charge in [0.05, 0.1) is 0 Å². The van der Waals surface area contributed by atoms with Crippen molar-refractivity contribution in [2.75, 3.05) is 19.6 Å². The van der Waals surface area contributed by atoms with Gasteiger partial charge >= 0.3 is 0 Å². The minimum atomic E-state index is 0.00745. The lowest BCUT2D eigenvalue weighted by Gasteiger charge is -2.17. The lowest BCUT2D eigenvalue weighted by atomic mass is 9.95. The fourth-order valence-corrected chi connectivity index (χ4v) is 3.22. The number of Topliss-reactive ketones (excluding diaryl/α,β-unsaturated/α-hetero) is 1. The smallest absolute Gasteiger partial charge is 0.190 e. The Hall–Kier alpha value is -2.16. The first-order chi connectivity index (χ1) is 12.1. The number of ketones is 1. The van der Waals surface area contributed by atoms with Crippen LogP contribution in [0.3, 0.4) is 0 Å². The molecule has 2 aromatic rings. The van der Waals surface area contributed by atoms with Crippen LogP contribution >= 0.6 is 11.6 Å². The van der Waals surface area contributed by atoms with Crippen molar-refractivity contribution in [3.8, 4) is 0 Å². The normalized spacial score (nSPS) is 15.3. The maximum atomic E-state index is 13.1. The van der Waals surface area contributed by atoms with Gasteiger partial charge in [-0.05, 0) is 55.3 Å². The maximum Gasteiger partial charge on any atom is 0.190 e. The molecule has 3 rings (SSSR count). The van der Waals surface area contributed by atoms with Gasteiger partial charge in [-0.25, -0.2) is 0 Å². The van der Waals surface area contributed by atoms with Crippen molar-refractivity contribution in [1.82, 2.24) is 4.90 Å². The highest BCUT2D eigenvalue weighted by Crippen LogP contribution is 2.23. The molecule has 0 aliphatic carbocycles. The SMILES string of the molecule is C=C(CN1CCCC1)C(=O)/C(=C/c1ccc(Cl)cc1)c1ccccc1. The quantitative estimate of drug-likeness (QED) is 0.533. The van der Waals surface area contributed by atoms with Crippen molar-refractivity contribution < 1.29 is 4.79 Å². The third-order valence-electron chi connectivity index (χ3n) is 4.44. The average Bonchev–Trinajstić information content (AvgIpc) is 3.14. The van der Waals surface area contributed by atoms with Crippen LogP contribution in [0.15, 0.2) is 66.7 Å². The third-order valence-corrected chi connectivity index (χ3v) is 4.70. The molecule has 1 aliphatic heterocycles. The molecule has 128 valence electrons. The zero-order valence-corrected chi connectivity index (χ0v) is 15.0. The number of hydrogen-bond donors (Lipinski definition) is 0. The van der Waals surface area contributed by atoms with Crippen molar-refractivity contribution >= 4 is 29.0 Å². The molecule has 0 N–H and O–H groups in total. The second kappa shape index (κ2) is 8.28. The topological polar surface area (TPSA) is 20.3 Å². The Labute approximate surface area is 154 Å². The number of likely N-dealkylation sites (tertiary alicyclic amines) is 1. The first-order valence-electron chi connectivity index (χ1n) is 8.61. The second-order valence-electron chi connectivity index (χ2n) is 6.39. The van der Waals surface area contributed by atoms with Gasteiger partial charge in [0.25, 0.3) is 0 Å². The Balaban J connectivity index is 1.89. The summed E-state index contributed by atoms with van der Waals surface area (Å²) in [5, 5.41) is 0.684. The van der Waals surface area contributed by atoms with Gasteiger partial charge in [0.2, 0.25) is 0 Å². The van der Waals surface area contributed by atoms with Crippen LogP contribution in [0.25, 0.3) is 11.6 Å². The Kier molecular flexibility index (Phi) is 5.85. The van der Waals surface area contributed by atoms with Crippen LogP contribution in [0.5, 0.6) is 0 Å². The number of rotatable bonds is 6. The van der Waals surface area contributed by atoms with Crippen LogP contribution in [0.1, 0.15) is 24.0 Å².